The van der Waals surface area contributed by atoms with Crippen LogP contribution in [0.4, 0.5) is 5.69 Å². The molecule has 3 rings (SSSR count). The van der Waals surface area contributed by atoms with Crippen molar-refractivity contribution in [3.63, 3.8) is 0 Å². The van der Waals surface area contributed by atoms with Crippen molar-refractivity contribution in [2.24, 2.45) is 0 Å². The first-order chi connectivity index (χ1) is 13.9. The van der Waals surface area contributed by atoms with Crippen LogP contribution in [0.1, 0.15) is 12.8 Å². The van der Waals surface area contributed by atoms with Crippen LogP contribution in [0.3, 0.4) is 0 Å². The lowest BCUT2D eigenvalue weighted by molar-refractivity contribution is -0.121. The maximum atomic E-state index is 12.3. The standard InChI is InChI=1S/C19H29N3O6S/c1-29(24,25)22(16-4-5-17-18(15-16)28-14-13-27-17)7-2-3-19(23)20-6-8-21-9-11-26-12-10-21/h4-5,15H,2-3,6-14H2,1H3,(H,20,23). The normalized spacial score (nSPS) is 17.0. The number of hydrogen-bond donors (Lipinski definition) is 1. The van der Waals surface area contributed by atoms with Gasteiger partial charge in [0.1, 0.15) is 13.2 Å². The van der Waals surface area contributed by atoms with Crippen LogP contribution in [0.5, 0.6) is 11.5 Å². The van der Waals surface area contributed by atoms with E-state index < -0.39 is 10.0 Å². The van der Waals surface area contributed by atoms with Gasteiger partial charge in [0.05, 0.1) is 25.2 Å². The summed E-state index contributed by atoms with van der Waals surface area (Å²) in [5.74, 6) is 1.06. The molecule has 1 aromatic rings. The summed E-state index contributed by atoms with van der Waals surface area (Å²) in [6.07, 6.45) is 1.84. The first kappa shape index (κ1) is 21.7. The average Bonchev–Trinajstić information content (AvgIpc) is 2.71. The maximum Gasteiger partial charge on any atom is 0.232 e. The number of fused-ring (bicyclic) bond motifs is 1. The van der Waals surface area contributed by atoms with Crippen LogP contribution in [0.25, 0.3) is 0 Å². The Bertz CT molecular complexity index is 795. The van der Waals surface area contributed by atoms with Gasteiger partial charge in [-0.1, -0.05) is 0 Å². The molecule has 2 aliphatic heterocycles. The zero-order valence-corrected chi connectivity index (χ0v) is 17.6. The highest BCUT2D eigenvalue weighted by Crippen LogP contribution is 2.34. The summed E-state index contributed by atoms with van der Waals surface area (Å²) < 4.78 is 42.1. The number of nitrogens with zero attached hydrogens (tertiary/aromatic N) is 2. The van der Waals surface area contributed by atoms with Crippen molar-refractivity contribution >= 4 is 21.6 Å². The Morgan fingerprint density at radius 3 is 2.59 bits per heavy atom. The van der Waals surface area contributed by atoms with E-state index in [1.165, 1.54) is 4.31 Å². The van der Waals surface area contributed by atoms with E-state index in [1.807, 2.05) is 0 Å². The van der Waals surface area contributed by atoms with Crippen LogP contribution in [0.15, 0.2) is 18.2 Å². The summed E-state index contributed by atoms with van der Waals surface area (Å²) in [6, 6.07) is 5.06. The number of hydrogen-bond acceptors (Lipinski definition) is 7. The molecular weight excluding hydrogens is 398 g/mol. The lowest BCUT2D eigenvalue weighted by Crippen LogP contribution is -2.41. The fraction of sp³-hybridized carbons (Fsp3) is 0.632. The van der Waals surface area contributed by atoms with E-state index >= 15 is 0 Å². The van der Waals surface area contributed by atoms with Crippen molar-refractivity contribution in [3.8, 4) is 11.5 Å². The number of carbonyl (C=O) groups excluding carboxylic acids is 1. The van der Waals surface area contributed by atoms with Gasteiger partial charge in [-0.25, -0.2) is 8.42 Å². The van der Waals surface area contributed by atoms with Crippen molar-refractivity contribution in [2.75, 3.05) is 69.7 Å². The topological polar surface area (TPSA) is 97.4 Å². The lowest BCUT2D eigenvalue weighted by atomic mass is 10.2. The number of anilines is 1. The Labute approximate surface area is 171 Å². The smallest absolute Gasteiger partial charge is 0.232 e. The van der Waals surface area contributed by atoms with Gasteiger partial charge in [-0.2, -0.15) is 0 Å². The number of amides is 1. The van der Waals surface area contributed by atoms with Gasteiger partial charge in [0, 0.05) is 45.2 Å². The molecule has 162 valence electrons. The Kier molecular flexibility index (Phi) is 7.57. The fourth-order valence-corrected chi connectivity index (χ4v) is 4.28. The van der Waals surface area contributed by atoms with Gasteiger partial charge in [-0.3, -0.25) is 14.0 Å². The number of nitrogens with one attached hydrogen (secondary N) is 1. The van der Waals surface area contributed by atoms with Gasteiger partial charge in [0.15, 0.2) is 11.5 Å². The molecule has 9 nitrogen and oxygen atoms in total. The van der Waals surface area contributed by atoms with E-state index in [2.05, 4.69) is 10.2 Å². The molecule has 0 spiro atoms. The molecule has 29 heavy (non-hydrogen) atoms. The molecule has 1 aromatic carbocycles. The van der Waals surface area contributed by atoms with Crippen LogP contribution >= 0.6 is 0 Å². The van der Waals surface area contributed by atoms with Gasteiger partial charge in [-0.05, 0) is 18.6 Å². The molecule has 1 N–H and O–H groups in total. The molecule has 0 aromatic heterocycles. The van der Waals surface area contributed by atoms with E-state index in [1.54, 1.807) is 18.2 Å². The summed E-state index contributed by atoms with van der Waals surface area (Å²) in [5, 5.41) is 2.90. The molecule has 0 aliphatic carbocycles. The molecule has 10 heteroatoms. The molecule has 0 saturated carbocycles. The number of morpholine rings is 1. The summed E-state index contributed by atoms with van der Waals surface area (Å²) in [6.45, 7) is 5.73. The minimum atomic E-state index is -3.49. The highest BCUT2D eigenvalue weighted by Gasteiger charge is 2.21. The zero-order valence-electron chi connectivity index (χ0n) is 16.8. The largest absolute Gasteiger partial charge is 0.486 e. The minimum Gasteiger partial charge on any atom is -0.486 e. The van der Waals surface area contributed by atoms with Gasteiger partial charge in [0.25, 0.3) is 0 Å². The van der Waals surface area contributed by atoms with Crippen molar-refractivity contribution in [3.05, 3.63) is 18.2 Å². The Morgan fingerprint density at radius 2 is 1.86 bits per heavy atom. The second kappa shape index (κ2) is 10.1. The van der Waals surface area contributed by atoms with Gasteiger partial charge in [0.2, 0.25) is 15.9 Å². The summed E-state index contributed by atoms with van der Waals surface area (Å²) >= 11 is 0. The third-order valence-electron chi connectivity index (χ3n) is 4.83. The third-order valence-corrected chi connectivity index (χ3v) is 6.03. The van der Waals surface area contributed by atoms with Crippen LogP contribution in [-0.4, -0.2) is 84.6 Å². The van der Waals surface area contributed by atoms with Crippen molar-refractivity contribution in [2.45, 2.75) is 12.8 Å². The first-order valence-corrected chi connectivity index (χ1v) is 11.7. The number of ether oxygens (including phenoxy) is 3. The third kappa shape index (κ3) is 6.48. The minimum absolute atomic E-state index is 0.0751. The highest BCUT2D eigenvalue weighted by molar-refractivity contribution is 7.92. The van der Waals surface area contributed by atoms with E-state index in [-0.39, 0.29) is 18.9 Å². The number of carbonyl (C=O) groups is 1. The second-order valence-corrected chi connectivity index (χ2v) is 8.98. The second-order valence-electron chi connectivity index (χ2n) is 7.07. The number of rotatable bonds is 9. The molecule has 0 bridgehead atoms. The highest BCUT2D eigenvalue weighted by atomic mass is 32.2. The van der Waals surface area contributed by atoms with E-state index in [9.17, 15) is 13.2 Å². The van der Waals surface area contributed by atoms with E-state index in [4.69, 9.17) is 14.2 Å². The fourth-order valence-electron chi connectivity index (χ4n) is 3.32. The van der Waals surface area contributed by atoms with Crippen molar-refractivity contribution in [1.29, 1.82) is 0 Å². The van der Waals surface area contributed by atoms with E-state index in [0.29, 0.717) is 43.4 Å². The molecule has 0 radical (unpaired) electrons. The summed E-state index contributed by atoms with van der Waals surface area (Å²) in [5.41, 5.74) is 0.504. The SMILES string of the molecule is CS(=O)(=O)N(CCCC(=O)NCCN1CCOCC1)c1ccc2c(c1)OCCO2. The molecule has 0 atom stereocenters. The van der Waals surface area contributed by atoms with Crippen LogP contribution in [-0.2, 0) is 19.6 Å². The number of benzene rings is 1. The maximum absolute atomic E-state index is 12.3. The quantitative estimate of drug-likeness (QED) is 0.611. The predicted octanol–water partition coefficient (Wildman–Crippen LogP) is 0.452. The summed E-state index contributed by atoms with van der Waals surface area (Å²) in [7, 11) is -3.49. The average molecular weight is 428 g/mol. The van der Waals surface area contributed by atoms with Crippen molar-refractivity contribution in [1.82, 2.24) is 10.2 Å². The molecular formula is C19H29N3O6S. The van der Waals surface area contributed by atoms with Gasteiger partial charge < -0.3 is 19.5 Å². The monoisotopic (exact) mass is 427 g/mol. The zero-order chi connectivity index (χ0) is 20.7. The molecule has 2 aliphatic rings. The molecule has 2 heterocycles. The lowest BCUT2D eigenvalue weighted by Gasteiger charge is -2.26. The Balaban J connectivity index is 1.47. The van der Waals surface area contributed by atoms with Crippen molar-refractivity contribution < 1.29 is 27.4 Å². The van der Waals surface area contributed by atoms with Crippen LogP contribution in [0, 0.1) is 0 Å². The molecule has 0 unspecified atom stereocenters. The van der Waals surface area contributed by atoms with Crippen LogP contribution in [0.2, 0.25) is 0 Å². The first-order valence-electron chi connectivity index (χ1n) is 9.87. The Morgan fingerprint density at radius 1 is 1.14 bits per heavy atom. The molecule has 1 amide bonds. The van der Waals surface area contributed by atoms with E-state index in [0.717, 1.165) is 39.1 Å². The van der Waals surface area contributed by atoms with Gasteiger partial charge in [-0.15, -0.1) is 0 Å². The van der Waals surface area contributed by atoms with Gasteiger partial charge >= 0.3 is 0 Å². The van der Waals surface area contributed by atoms with Crippen LogP contribution < -0.4 is 19.1 Å². The summed E-state index contributed by atoms with van der Waals surface area (Å²) in [4.78, 5) is 14.3. The Hall–Kier alpha value is -2.04. The predicted molar refractivity (Wildman–Crippen MR) is 109 cm³/mol. The number of sulfonamides is 1. The molecule has 1 saturated heterocycles. The molecule has 1 fully saturated rings.